The molecule has 0 aliphatic heterocycles. The highest BCUT2D eigenvalue weighted by atomic mass is 35.5. The van der Waals surface area contributed by atoms with E-state index in [2.05, 4.69) is 5.10 Å². The quantitative estimate of drug-likeness (QED) is 0.722. The van der Waals surface area contributed by atoms with Crippen LogP contribution >= 0.6 is 34.8 Å². The number of fused-ring (bicyclic) bond motifs is 1. The summed E-state index contributed by atoms with van der Waals surface area (Å²) in [6.45, 7) is 0.299. The predicted octanol–water partition coefficient (Wildman–Crippen LogP) is 3.50. The Kier molecular flexibility index (Phi) is 3.46. The van der Waals surface area contributed by atoms with E-state index in [-0.39, 0.29) is 5.69 Å². The van der Waals surface area contributed by atoms with Gasteiger partial charge < -0.3 is 0 Å². The summed E-state index contributed by atoms with van der Waals surface area (Å²) in [5.74, 6) is 0. The van der Waals surface area contributed by atoms with Crippen molar-refractivity contribution < 1.29 is 0 Å². The Morgan fingerprint density at radius 2 is 1.85 bits per heavy atom. The Labute approximate surface area is 129 Å². The van der Waals surface area contributed by atoms with Gasteiger partial charge in [0.15, 0.2) is 5.65 Å². The lowest BCUT2D eigenvalue weighted by Gasteiger charge is -2.02. The van der Waals surface area contributed by atoms with Gasteiger partial charge in [-0.2, -0.15) is 0 Å². The molecule has 0 fully saturated rings. The second-order valence-corrected chi connectivity index (χ2v) is 5.46. The van der Waals surface area contributed by atoms with Crippen LogP contribution in [0.25, 0.3) is 5.65 Å². The van der Waals surface area contributed by atoms with E-state index >= 15 is 0 Å². The average molecular weight is 329 g/mol. The van der Waals surface area contributed by atoms with Gasteiger partial charge in [-0.15, -0.1) is 5.10 Å². The van der Waals surface area contributed by atoms with E-state index in [1.54, 1.807) is 36.5 Å². The molecule has 2 heterocycles. The van der Waals surface area contributed by atoms with Gasteiger partial charge in [0.05, 0.1) is 21.6 Å². The second kappa shape index (κ2) is 5.13. The highest BCUT2D eigenvalue weighted by molar-refractivity contribution is 6.42. The fraction of sp³-hybridized carbons (Fsp3) is 0.0769. The summed E-state index contributed by atoms with van der Waals surface area (Å²) < 4.78 is 2.74. The van der Waals surface area contributed by atoms with Crippen LogP contribution in [-0.2, 0) is 6.54 Å². The van der Waals surface area contributed by atoms with Gasteiger partial charge in [-0.1, -0.05) is 40.9 Å². The maximum absolute atomic E-state index is 12.2. The van der Waals surface area contributed by atoms with Crippen LogP contribution in [0.3, 0.4) is 0 Å². The molecule has 20 heavy (non-hydrogen) atoms. The molecule has 0 aliphatic carbocycles. The zero-order valence-electron chi connectivity index (χ0n) is 10.1. The molecule has 0 aliphatic rings. The molecular weight excluding hydrogens is 321 g/mol. The van der Waals surface area contributed by atoms with Crippen LogP contribution in [0.5, 0.6) is 0 Å². The Morgan fingerprint density at radius 1 is 1.05 bits per heavy atom. The number of pyridine rings is 1. The number of halogens is 3. The monoisotopic (exact) mass is 327 g/mol. The van der Waals surface area contributed by atoms with Crippen LogP contribution in [0.1, 0.15) is 5.56 Å². The molecule has 3 rings (SSSR count). The van der Waals surface area contributed by atoms with Crippen LogP contribution in [0, 0.1) is 0 Å². The van der Waals surface area contributed by atoms with Gasteiger partial charge in [0.25, 0.3) is 0 Å². The van der Waals surface area contributed by atoms with E-state index in [4.69, 9.17) is 34.8 Å². The maximum Gasteiger partial charge on any atom is 0.350 e. The third kappa shape index (κ3) is 2.30. The lowest BCUT2D eigenvalue weighted by molar-refractivity contribution is 0.659. The van der Waals surface area contributed by atoms with E-state index in [0.29, 0.717) is 27.3 Å². The van der Waals surface area contributed by atoms with Gasteiger partial charge >= 0.3 is 5.69 Å². The first-order valence-corrected chi connectivity index (χ1v) is 6.87. The van der Waals surface area contributed by atoms with Crippen LogP contribution in [0.4, 0.5) is 0 Å². The number of rotatable bonds is 2. The van der Waals surface area contributed by atoms with Crippen molar-refractivity contribution in [2.45, 2.75) is 6.54 Å². The smallest absolute Gasteiger partial charge is 0.249 e. The molecule has 0 amide bonds. The summed E-state index contributed by atoms with van der Waals surface area (Å²) in [6.07, 6.45) is 1.63. The van der Waals surface area contributed by atoms with Gasteiger partial charge in [-0.3, -0.25) is 0 Å². The summed E-state index contributed by atoms with van der Waals surface area (Å²) in [4.78, 5) is 12.2. The van der Waals surface area contributed by atoms with Gasteiger partial charge in [0.2, 0.25) is 0 Å². The second-order valence-electron chi connectivity index (χ2n) is 4.24. The SMILES string of the molecule is O=c1n(Cc2ccc(Cl)c(Cl)c2)nc2c(Cl)cccn12. The molecule has 1 aromatic carbocycles. The fourth-order valence-corrected chi connectivity index (χ4v) is 2.44. The minimum Gasteiger partial charge on any atom is -0.249 e. The minimum atomic E-state index is -0.256. The van der Waals surface area contributed by atoms with E-state index in [9.17, 15) is 4.79 Å². The largest absolute Gasteiger partial charge is 0.350 e. The van der Waals surface area contributed by atoms with Crippen molar-refractivity contribution in [3.63, 3.8) is 0 Å². The van der Waals surface area contributed by atoms with Crippen molar-refractivity contribution in [2.75, 3.05) is 0 Å². The molecule has 0 radical (unpaired) electrons. The molecule has 0 N–H and O–H groups in total. The summed E-state index contributed by atoms with van der Waals surface area (Å²) in [6, 6.07) is 8.58. The molecule has 4 nitrogen and oxygen atoms in total. The number of hydrogen-bond donors (Lipinski definition) is 0. The van der Waals surface area contributed by atoms with Crippen molar-refractivity contribution in [3.05, 3.63) is 67.6 Å². The molecule has 7 heteroatoms. The van der Waals surface area contributed by atoms with Gasteiger partial charge in [0.1, 0.15) is 0 Å². The highest BCUT2D eigenvalue weighted by Gasteiger charge is 2.10. The summed E-state index contributed by atoms with van der Waals surface area (Å²) in [7, 11) is 0. The maximum atomic E-state index is 12.2. The van der Waals surface area contributed by atoms with Crippen LogP contribution in [-0.4, -0.2) is 14.2 Å². The Morgan fingerprint density at radius 3 is 2.55 bits per heavy atom. The first-order valence-electron chi connectivity index (χ1n) is 5.74. The average Bonchev–Trinajstić information content (AvgIpc) is 2.73. The highest BCUT2D eigenvalue weighted by Crippen LogP contribution is 2.22. The van der Waals surface area contributed by atoms with Crippen LogP contribution < -0.4 is 5.69 Å². The molecule has 0 unspecified atom stereocenters. The first-order chi connectivity index (χ1) is 9.56. The Bertz CT molecular complexity index is 854. The number of aromatic nitrogens is 3. The molecule has 2 aromatic heterocycles. The van der Waals surface area contributed by atoms with E-state index in [1.165, 1.54) is 9.08 Å². The Hall–Kier alpha value is -1.49. The van der Waals surface area contributed by atoms with Crippen molar-refractivity contribution in [1.82, 2.24) is 14.2 Å². The molecule has 0 atom stereocenters. The van der Waals surface area contributed by atoms with Gasteiger partial charge in [0, 0.05) is 6.20 Å². The summed E-state index contributed by atoms with van der Waals surface area (Å²) in [5.41, 5.74) is 1.01. The van der Waals surface area contributed by atoms with Crippen LogP contribution in [0.2, 0.25) is 15.1 Å². The predicted molar refractivity (Wildman–Crippen MR) is 80.0 cm³/mol. The van der Waals surface area contributed by atoms with Crippen LogP contribution in [0.15, 0.2) is 41.3 Å². The molecular formula is C13H8Cl3N3O. The van der Waals surface area contributed by atoms with Gasteiger partial charge in [-0.25, -0.2) is 13.9 Å². The summed E-state index contributed by atoms with van der Waals surface area (Å²) in [5, 5.41) is 5.56. The molecule has 0 saturated carbocycles. The molecule has 0 spiro atoms. The van der Waals surface area contributed by atoms with Crippen molar-refractivity contribution >= 4 is 40.4 Å². The van der Waals surface area contributed by atoms with Crippen molar-refractivity contribution in [3.8, 4) is 0 Å². The molecule has 0 saturated heterocycles. The molecule has 0 bridgehead atoms. The molecule has 102 valence electrons. The lowest BCUT2D eigenvalue weighted by atomic mass is 10.2. The standard InChI is InChI=1S/C13H8Cl3N3O/c14-9-4-3-8(6-11(9)16)7-19-13(20)18-5-1-2-10(15)12(18)17-19/h1-6H,7H2. The van der Waals surface area contributed by atoms with E-state index in [0.717, 1.165) is 5.56 Å². The minimum absolute atomic E-state index is 0.256. The van der Waals surface area contributed by atoms with Crippen molar-refractivity contribution in [2.24, 2.45) is 0 Å². The zero-order chi connectivity index (χ0) is 14.3. The fourth-order valence-electron chi connectivity index (χ4n) is 1.92. The first kappa shape index (κ1) is 13.5. The van der Waals surface area contributed by atoms with E-state index in [1.807, 2.05) is 0 Å². The number of nitrogens with zero attached hydrogens (tertiary/aromatic N) is 3. The number of benzene rings is 1. The zero-order valence-corrected chi connectivity index (χ0v) is 12.3. The third-order valence-electron chi connectivity index (χ3n) is 2.88. The normalized spacial score (nSPS) is 11.2. The lowest BCUT2D eigenvalue weighted by Crippen LogP contribution is -2.21. The third-order valence-corrected chi connectivity index (χ3v) is 3.91. The topological polar surface area (TPSA) is 39.3 Å². The summed E-state index contributed by atoms with van der Waals surface area (Å²) >= 11 is 17.8. The van der Waals surface area contributed by atoms with Gasteiger partial charge in [-0.05, 0) is 29.8 Å². The van der Waals surface area contributed by atoms with E-state index < -0.39 is 0 Å². The Balaban J connectivity index is 2.07. The molecule has 3 aromatic rings. The van der Waals surface area contributed by atoms with Crippen molar-refractivity contribution in [1.29, 1.82) is 0 Å². The number of hydrogen-bond acceptors (Lipinski definition) is 2.